The number of benzene rings is 2. The number of pyridine rings is 1. The third-order valence-electron chi connectivity index (χ3n) is 7.29. The van der Waals surface area contributed by atoms with Crippen LogP contribution in [-0.4, -0.2) is 34.3 Å². The summed E-state index contributed by atoms with van der Waals surface area (Å²) >= 11 is 0. The fraction of sp³-hybridized carbons (Fsp3) is 0.310. The summed E-state index contributed by atoms with van der Waals surface area (Å²) in [4.78, 5) is 27.9. The van der Waals surface area contributed by atoms with E-state index in [0.29, 0.717) is 53.6 Å². The lowest BCUT2D eigenvalue weighted by atomic mass is 9.83. The van der Waals surface area contributed by atoms with Crippen molar-refractivity contribution in [3.63, 3.8) is 0 Å². The molecule has 4 aromatic rings. The number of phenolic OH excluding ortho intramolecular Hbond substituents is 1. The lowest BCUT2D eigenvalue weighted by molar-refractivity contribution is 0.113. The third kappa shape index (κ3) is 4.27. The number of rotatable bonds is 6. The number of para-hydroxylation sites is 2. The minimum atomic E-state index is -0.322. The van der Waals surface area contributed by atoms with Crippen molar-refractivity contribution in [1.29, 1.82) is 0 Å². The normalized spacial score (nSPS) is 18.9. The molecule has 1 saturated heterocycles. The van der Waals surface area contributed by atoms with Crippen molar-refractivity contribution in [2.24, 2.45) is 5.92 Å². The molecule has 0 amide bonds. The van der Waals surface area contributed by atoms with Crippen LogP contribution in [0.5, 0.6) is 23.0 Å². The average molecular weight is 501 g/mol. The van der Waals surface area contributed by atoms with Crippen molar-refractivity contribution < 1.29 is 19.0 Å². The highest BCUT2D eigenvalue weighted by atomic mass is 16.5. The highest BCUT2D eigenvalue weighted by Crippen LogP contribution is 2.37. The highest BCUT2D eigenvalue weighted by Gasteiger charge is 2.35. The van der Waals surface area contributed by atoms with Gasteiger partial charge in [-0.05, 0) is 49.6 Å². The summed E-state index contributed by atoms with van der Waals surface area (Å²) in [5.74, 6) is 1.69. The van der Waals surface area contributed by atoms with E-state index < -0.39 is 0 Å². The zero-order chi connectivity index (χ0) is 25.5. The molecule has 2 aliphatic rings. The first-order valence-corrected chi connectivity index (χ1v) is 12.6. The number of piperidine rings is 1. The summed E-state index contributed by atoms with van der Waals surface area (Å²) in [5.41, 5.74) is 1.72. The van der Waals surface area contributed by atoms with Gasteiger partial charge in [-0.2, -0.15) is 0 Å². The van der Waals surface area contributed by atoms with Crippen LogP contribution >= 0.6 is 0 Å². The molecule has 4 heterocycles. The van der Waals surface area contributed by atoms with Crippen molar-refractivity contribution in [1.82, 2.24) is 9.47 Å². The SMILES string of the molecule is CCOc1ccccc1Oc1coc2c(CN3C[C@H]4C[C@@H](C3)c3cccc(=O)n3C4)c(O)ccc2c1=O. The van der Waals surface area contributed by atoms with Crippen molar-refractivity contribution >= 4 is 11.0 Å². The summed E-state index contributed by atoms with van der Waals surface area (Å²) in [6.45, 7) is 5.04. The quantitative estimate of drug-likeness (QED) is 0.417. The maximum absolute atomic E-state index is 13.3. The number of aromatic nitrogens is 1. The third-order valence-corrected chi connectivity index (χ3v) is 7.29. The summed E-state index contributed by atoms with van der Waals surface area (Å²) in [5, 5.41) is 11.1. The monoisotopic (exact) mass is 500 g/mol. The van der Waals surface area contributed by atoms with E-state index in [9.17, 15) is 14.7 Å². The van der Waals surface area contributed by atoms with Gasteiger partial charge in [0.05, 0.1) is 17.6 Å². The summed E-state index contributed by atoms with van der Waals surface area (Å²) < 4.78 is 19.3. The Morgan fingerprint density at radius 3 is 2.65 bits per heavy atom. The number of nitrogens with zero attached hydrogens (tertiary/aromatic N) is 2. The van der Waals surface area contributed by atoms with Gasteiger partial charge < -0.3 is 23.6 Å². The second kappa shape index (κ2) is 9.44. The van der Waals surface area contributed by atoms with E-state index in [2.05, 4.69) is 4.90 Å². The van der Waals surface area contributed by atoms with Crippen LogP contribution in [0.1, 0.15) is 30.5 Å². The Morgan fingerprint density at radius 2 is 1.81 bits per heavy atom. The molecule has 6 rings (SSSR count). The van der Waals surface area contributed by atoms with E-state index in [-0.39, 0.29) is 28.4 Å². The van der Waals surface area contributed by atoms with Gasteiger partial charge >= 0.3 is 0 Å². The molecular weight excluding hydrogens is 472 g/mol. The molecule has 0 saturated carbocycles. The smallest absolute Gasteiger partial charge is 0.250 e. The molecule has 8 heteroatoms. The van der Waals surface area contributed by atoms with E-state index in [1.54, 1.807) is 30.3 Å². The fourth-order valence-corrected chi connectivity index (χ4v) is 5.73. The molecular formula is C29H28N2O6. The lowest BCUT2D eigenvalue weighted by Crippen LogP contribution is -2.46. The van der Waals surface area contributed by atoms with Crippen LogP contribution in [0.15, 0.2) is 74.9 Å². The van der Waals surface area contributed by atoms with Crippen LogP contribution in [0.25, 0.3) is 11.0 Å². The van der Waals surface area contributed by atoms with Crippen molar-refractivity contribution in [3.05, 3.63) is 92.7 Å². The highest BCUT2D eigenvalue weighted by molar-refractivity contribution is 5.83. The minimum absolute atomic E-state index is 0.0471. The Morgan fingerprint density at radius 1 is 0.973 bits per heavy atom. The summed E-state index contributed by atoms with van der Waals surface area (Å²) in [6.07, 6.45) is 2.34. The van der Waals surface area contributed by atoms with Crippen LogP contribution in [0.2, 0.25) is 0 Å². The van der Waals surface area contributed by atoms with Crippen molar-refractivity contribution in [2.45, 2.75) is 32.4 Å². The topological polar surface area (TPSA) is 94.1 Å². The number of likely N-dealkylation sites (tertiary alicyclic amines) is 1. The van der Waals surface area contributed by atoms with Gasteiger partial charge in [0.1, 0.15) is 17.6 Å². The molecule has 0 aliphatic carbocycles. The number of hydrogen-bond donors (Lipinski definition) is 1. The Bertz CT molecular complexity index is 1590. The van der Waals surface area contributed by atoms with E-state index in [1.807, 2.05) is 29.7 Å². The van der Waals surface area contributed by atoms with Crippen LogP contribution in [0, 0.1) is 5.92 Å². The van der Waals surface area contributed by atoms with Gasteiger partial charge in [-0.3, -0.25) is 14.5 Å². The van der Waals surface area contributed by atoms with Gasteiger partial charge in [0.15, 0.2) is 11.5 Å². The number of ether oxygens (including phenoxy) is 2. The minimum Gasteiger partial charge on any atom is -0.507 e. The first-order valence-electron chi connectivity index (χ1n) is 12.6. The van der Waals surface area contributed by atoms with Crippen LogP contribution < -0.4 is 20.5 Å². The first kappa shape index (κ1) is 23.4. The average Bonchev–Trinajstić information content (AvgIpc) is 2.89. The Hall–Kier alpha value is -4.04. The zero-order valence-corrected chi connectivity index (χ0v) is 20.6. The van der Waals surface area contributed by atoms with Gasteiger partial charge in [-0.15, -0.1) is 0 Å². The molecule has 190 valence electrons. The molecule has 2 aromatic carbocycles. The molecule has 2 bridgehead atoms. The maximum Gasteiger partial charge on any atom is 0.250 e. The standard InChI is InChI=1S/C29H28N2O6/c1-2-35-24-7-3-4-8-25(24)37-26-17-36-29-20(28(26)34)10-11-23(32)21(29)16-30-13-18-12-19(15-30)22-6-5-9-27(33)31(22)14-18/h3-11,17-19,32H,2,12-16H2,1H3/t18-,19+/m1/s1. The fourth-order valence-electron chi connectivity index (χ4n) is 5.73. The Balaban J connectivity index is 1.30. The second-order valence-electron chi connectivity index (χ2n) is 9.74. The number of phenols is 1. The van der Waals surface area contributed by atoms with Gasteiger partial charge in [-0.25, -0.2) is 0 Å². The van der Waals surface area contributed by atoms with E-state index in [4.69, 9.17) is 13.9 Å². The molecule has 2 aliphatic heterocycles. The Kier molecular flexibility index (Phi) is 5.96. The van der Waals surface area contributed by atoms with Crippen LogP contribution in [0.3, 0.4) is 0 Å². The molecule has 0 spiro atoms. The lowest BCUT2D eigenvalue weighted by Gasteiger charge is -2.42. The summed E-state index contributed by atoms with van der Waals surface area (Å²) in [7, 11) is 0. The van der Waals surface area contributed by atoms with Gasteiger partial charge in [0.25, 0.3) is 5.56 Å². The van der Waals surface area contributed by atoms with Gasteiger partial charge in [0.2, 0.25) is 11.2 Å². The van der Waals surface area contributed by atoms with Crippen LogP contribution in [-0.2, 0) is 13.1 Å². The number of aromatic hydroxyl groups is 1. The summed E-state index contributed by atoms with van der Waals surface area (Å²) in [6, 6.07) is 15.7. The molecule has 1 fully saturated rings. The largest absolute Gasteiger partial charge is 0.507 e. The molecule has 8 nitrogen and oxygen atoms in total. The predicted octanol–water partition coefficient (Wildman–Crippen LogP) is 4.47. The predicted molar refractivity (Wildman–Crippen MR) is 139 cm³/mol. The van der Waals surface area contributed by atoms with Crippen molar-refractivity contribution in [3.8, 4) is 23.0 Å². The van der Waals surface area contributed by atoms with E-state index in [1.165, 1.54) is 12.3 Å². The van der Waals surface area contributed by atoms with Crippen molar-refractivity contribution in [2.75, 3.05) is 19.7 Å². The van der Waals surface area contributed by atoms with Gasteiger partial charge in [0, 0.05) is 43.9 Å². The number of fused-ring (bicyclic) bond motifs is 5. The molecule has 2 atom stereocenters. The zero-order valence-electron chi connectivity index (χ0n) is 20.6. The molecule has 37 heavy (non-hydrogen) atoms. The molecule has 0 unspecified atom stereocenters. The first-order chi connectivity index (χ1) is 18.0. The Labute approximate surface area is 213 Å². The van der Waals surface area contributed by atoms with Crippen LogP contribution in [0.4, 0.5) is 0 Å². The molecule has 1 N–H and O–H groups in total. The molecule has 2 aromatic heterocycles. The van der Waals surface area contributed by atoms with E-state index >= 15 is 0 Å². The van der Waals surface area contributed by atoms with Gasteiger partial charge in [-0.1, -0.05) is 18.2 Å². The molecule has 0 radical (unpaired) electrons. The van der Waals surface area contributed by atoms with E-state index in [0.717, 1.165) is 25.2 Å². The maximum atomic E-state index is 13.3. The second-order valence-corrected chi connectivity index (χ2v) is 9.74. The number of hydrogen-bond acceptors (Lipinski definition) is 7.